The van der Waals surface area contributed by atoms with E-state index in [1.807, 2.05) is 0 Å². The number of hydrazine groups is 1. The number of aliphatic hydroxyl groups excluding tert-OH is 1. The number of carbonyl (C=O) groups is 2. The van der Waals surface area contributed by atoms with E-state index in [1.165, 1.54) is 0 Å². The molecule has 0 rings (SSSR count). The molecule has 5 N–H and O–H groups in total. The molecule has 0 aliphatic rings. The third-order valence-electron chi connectivity index (χ3n) is 2.95. The van der Waals surface area contributed by atoms with Crippen molar-refractivity contribution in [3.8, 4) is 0 Å². The van der Waals surface area contributed by atoms with Crippen LogP contribution in [0.3, 0.4) is 0 Å². The van der Waals surface area contributed by atoms with Crippen LogP contribution in [0.15, 0.2) is 0 Å². The highest BCUT2D eigenvalue weighted by atomic mass is 32.2. The molecule has 0 spiro atoms. The summed E-state index contributed by atoms with van der Waals surface area (Å²) in [5, 5.41) is 11.9. The first-order valence-corrected chi connectivity index (χ1v) is 8.76. The van der Waals surface area contributed by atoms with Gasteiger partial charge < -0.3 is 10.4 Å². The van der Waals surface area contributed by atoms with Crippen LogP contribution in [0.2, 0.25) is 0 Å². The zero-order valence-electron chi connectivity index (χ0n) is 12.6. The predicted octanol–water partition coefficient (Wildman–Crippen LogP) is -2.00. The van der Waals surface area contributed by atoms with E-state index in [0.29, 0.717) is 6.42 Å². The van der Waals surface area contributed by atoms with Crippen molar-refractivity contribution >= 4 is 21.4 Å². The van der Waals surface area contributed by atoms with Crippen molar-refractivity contribution < 1.29 is 23.1 Å². The van der Waals surface area contributed by atoms with Gasteiger partial charge in [-0.15, -0.1) is 0 Å². The normalized spacial score (nSPS) is 15.0. The average Bonchev–Trinajstić information content (AvgIpc) is 2.37. The first-order chi connectivity index (χ1) is 9.64. The number of hydrogen-bond acceptors (Lipinski definition) is 8. The first kappa shape index (κ1) is 20.1. The van der Waals surface area contributed by atoms with Gasteiger partial charge in [0.05, 0.1) is 24.4 Å². The third-order valence-corrected chi connectivity index (χ3v) is 3.98. The zero-order chi connectivity index (χ0) is 16.6. The highest BCUT2D eigenvalue weighted by Gasteiger charge is 2.31. The van der Waals surface area contributed by atoms with Gasteiger partial charge in [-0.05, 0) is 18.9 Å². The summed E-state index contributed by atoms with van der Waals surface area (Å²) >= 11 is 0. The Kier molecular flexibility index (Phi) is 8.83. The number of aliphatic hydroxyl groups is 1. The molecule has 0 bridgehead atoms. The van der Waals surface area contributed by atoms with E-state index in [4.69, 9.17) is 5.84 Å². The van der Waals surface area contributed by atoms with Gasteiger partial charge in [0.15, 0.2) is 0 Å². The maximum absolute atomic E-state index is 12.0. The molecule has 8 nitrogen and oxygen atoms in total. The van der Waals surface area contributed by atoms with Crippen molar-refractivity contribution in [1.29, 1.82) is 0 Å². The lowest BCUT2D eigenvalue weighted by molar-refractivity contribution is -0.140. The van der Waals surface area contributed by atoms with Crippen LogP contribution in [0.4, 0.5) is 0 Å². The lowest BCUT2D eigenvalue weighted by Gasteiger charge is -2.21. The minimum atomic E-state index is -3.07. The Morgan fingerprint density at radius 2 is 1.81 bits per heavy atom. The Morgan fingerprint density at radius 3 is 2.19 bits per heavy atom. The summed E-state index contributed by atoms with van der Waals surface area (Å²) in [7, 11) is -3.07. The molecular formula is C12H25N3O5S. The van der Waals surface area contributed by atoms with Crippen molar-refractivity contribution in [2.75, 3.05) is 25.2 Å². The van der Waals surface area contributed by atoms with Gasteiger partial charge in [-0.25, -0.2) is 13.8 Å². The molecule has 0 fully saturated rings. The smallest absolute Gasteiger partial charge is 0.219 e. The molecule has 0 aromatic carbocycles. The Balaban J connectivity index is 4.51. The Bertz CT molecular complexity index is 450. The minimum Gasteiger partial charge on any atom is -0.394 e. The molecule has 21 heavy (non-hydrogen) atoms. The Hall–Kier alpha value is -0.870. The van der Waals surface area contributed by atoms with Crippen molar-refractivity contribution in [2.24, 2.45) is 11.8 Å². The van der Waals surface area contributed by atoms with Crippen LogP contribution in [0.5, 0.6) is 0 Å². The predicted molar refractivity (Wildman–Crippen MR) is 79.2 cm³/mol. The number of nitrogens with two attached hydrogens (primary N) is 1. The fourth-order valence-electron chi connectivity index (χ4n) is 1.75. The van der Waals surface area contributed by atoms with Crippen LogP contribution in [0.1, 0.15) is 20.3 Å². The van der Waals surface area contributed by atoms with Crippen molar-refractivity contribution in [2.45, 2.75) is 32.4 Å². The lowest BCUT2D eigenvalue weighted by Crippen LogP contribution is -2.53. The fourth-order valence-corrected chi connectivity index (χ4v) is 2.42. The summed E-state index contributed by atoms with van der Waals surface area (Å²) in [6.45, 7) is 3.14. The first-order valence-electron chi connectivity index (χ1n) is 6.70. The second-order valence-electron chi connectivity index (χ2n) is 5.29. The molecule has 0 aromatic rings. The van der Waals surface area contributed by atoms with Crippen molar-refractivity contribution in [3.05, 3.63) is 0 Å². The highest BCUT2D eigenvalue weighted by molar-refractivity contribution is 7.90. The molecule has 0 heterocycles. The zero-order valence-corrected chi connectivity index (χ0v) is 13.4. The summed E-state index contributed by atoms with van der Waals surface area (Å²) in [5.74, 6) is 3.58. The number of nitrogens with one attached hydrogen (secondary N) is 2. The van der Waals surface area contributed by atoms with Crippen LogP contribution in [0, 0.1) is 5.92 Å². The second kappa shape index (κ2) is 9.21. The van der Waals surface area contributed by atoms with E-state index in [2.05, 4.69) is 10.7 Å². The molecule has 0 aliphatic carbocycles. The molecule has 0 amide bonds. The largest absolute Gasteiger partial charge is 0.394 e. The summed E-state index contributed by atoms with van der Waals surface area (Å²) in [6, 6.07) is -1.86. The molecule has 0 saturated carbocycles. The molecule has 0 radical (unpaired) electrons. The van der Waals surface area contributed by atoms with Gasteiger partial charge >= 0.3 is 0 Å². The van der Waals surface area contributed by atoms with Crippen molar-refractivity contribution in [3.63, 3.8) is 0 Å². The topological polar surface area (TPSA) is 139 Å². The number of Topliss-reactive ketones (excluding diaryl/α,β-unsaturated/α-hetero) is 2. The third kappa shape index (κ3) is 7.63. The number of carbonyl (C=O) groups excluding carboxylic acids is 2. The monoisotopic (exact) mass is 323 g/mol. The summed E-state index contributed by atoms with van der Waals surface area (Å²) in [4.78, 5) is 24.0. The Labute approximate surface area is 125 Å². The van der Waals surface area contributed by atoms with Crippen LogP contribution in [-0.4, -0.2) is 62.3 Å². The fraction of sp³-hybridized carbons (Fsp3) is 0.833. The van der Waals surface area contributed by atoms with E-state index >= 15 is 0 Å². The van der Waals surface area contributed by atoms with Gasteiger partial charge in [-0.2, -0.15) is 0 Å². The van der Waals surface area contributed by atoms with E-state index in [1.54, 1.807) is 13.8 Å². The Morgan fingerprint density at radius 1 is 1.24 bits per heavy atom. The molecule has 0 aliphatic heterocycles. The van der Waals surface area contributed by atoms with E-state index < -0.39 is 40.1 Å². The molecule has 0 unspecified atom stereocenters. The average molecular weight is 323 g/mol. The van der Waals surface area contributed by atoms with Crippen LogP contribution in [0.25, 0.3) is 0 Å². The summed E-state index contributed by atoms with van der Waals surface area (Å²) in [5.41, 5.74) is 2.29. The van der Waals surface area contributed by atoms with Gasteiger partial charge in [0.25, 0.3) is 0 Å². The molecule has 0 aromatic heterocycles. The van der Waals surface area contributed by atoms with Gasteiger partial charge in [0, 0.05) is 6.26 Å². The minimum absolute atomic E-state index is 0.0285. The van der Waals surface area contributed by atoms with Crippen LogP contribution in [-0.2, 0) is 19.4 Å². The van der Waals surface area contributed by atoms with Gasteiger partial charge in [-0.3, -0.25) is 15.4 Å². The molecular weight excluding hydrogens is 298 g/mol. The molecule has 0 saturated heterocycles. The van der Waals surface area contributed by atoms with E-state index in [0.717, 1.165) is 6.26 Å². The quantitative estimate of drug-likeness (QED) is 0.148. The maximum atomic E-state index is 12.0. The summed E-state index contributed by atoms with van der Waals surface area (Å²) in [6.07, 6.45) is 1.41. The highest BCUT2D eigenvalue weighted by Crippen LogP contribution is 2.04. The standard InChI is InChI=1S/C12H25N3O5S/c1-8(2)10(15-13)12(18)11(17)9(7-16)14-5-4-6-21(3,19)20/h8-10,14-16H,4-7,13H2,1-3H3/t9-,10-/m0/s1. The van der Waals surface area contributed by atoms with Crippen molar-refractivity contribution in [1.82, 2.24) is 10.7 Å². The maximum Gasteiger partial charge on any atom is 0.219 e. The number of ketones is 2. The van der Waals surface area contributed by atoms with Crippen LogP contribution < -0.4 is 16.6 Å². The van der Waals surface area contributed by atoms with Crippen LogP contribution >= 0.6 is 0 Å². The van der Waals surface area contributed by atoms with Gasteiger partial charge in [0.1, 0.15) is 9.84 Å². The van der Waals surface area contributed by atoms with E-state index in [9.17, 15) is 23.1 Å². The van der Waals surface area contributed by atoms with Gasteiger partial charge in [0.2, 0.25) is 11.6 Å². The number of hydrogen-bond donors (Lipinski definition) is 4. The number of sulfone groups is 1. The number of rotatable bonds is 11. The molecule has 2 atom stereocenters. The van der Waals surface area contributed by atoms with E-state index in [-0.39, 0.29) is 18.2 Å². The second-order valence-corrected chi connectivity index (χ2v) is 7.55. The SMILES string of the molecule is CC(C)[C@H](NN)C(=O)C(=O)[C@H](CO)NCCCS(C)(=O)=O. The molecule has 124 valence electrons. The lowest BCUT2D eigenvalue weighted by atomic mass is 9.95. The molecule has 9 heteroatoms. The van der Waals surface area contributed by atoms with Gasteiger partial charge in [-0.1, -0.05) is 13.8 Å². The summed E-state index contributed by atoms with van der Waals surface area (Å²) < 4.78 is 21.9.